The number of aromatic nitrogens is 1. The fraction of sp³-hybridized carbons (Fsp3) is 0.381. The molecule has 0 aliphatic heterocycles. The van der Waals surface area contributed by atoms with Crippen molar-refractivity contribution < 1.29 is 4.79 Å². The third-order valence-electron chi connectivity index (χ3n) is 4.84. The maximum absolute atomic E-state index is 12.3. The molecular formula is C21H24N4O. The number of nitriles is 1. The molecule has 1 fully saturated rings. The summed E-state index contributed by atoms with van der Waals surface area (Å²) in [7, 11) is 0. The Balaban J connectivity index is 1.68. The first-order valence-corrected chi connectivity index (χ1v) is 9.09. The van der Waals surface area contributed by atoms with Crippen molar-refractivity contribution >= 4 is 17.3 Å². The van der Waals surface area contributed by atoms with Crippen LogP contribution in [-0.2, 0) is 11.3 Å². The van der Waals surface area contributed by atoms with Gasteiger partial charge in [0.05, 0.1) is 16.9 Å². The number of hydrogen-bond acceptors (Lipinski definition) is 4. The molecule has 0 saturated heterocycles. The number of hydrogen-bond donors (Lipinski definition) is 2. The highest BCUT2D eigenvalue weighted by molar-refractivity contribution is 5.92. The Morgan fingerprint density at radius 3 is 2.77 bits per heavy atom. The summed E-state index contributed by atoms with van der Waals surface area (Å²) in [4.78, 5) is 16.6. The van der Waals surface area contributed by atoms with Crippen LogP contribution in [0.3, 0.4) is 0 Å². The molecule has 2 N–H and O–H groups in total. The maximum Gasteiger partial charge on any atom is 0.227 e. The van der Waals surface area contributed by atoms with Gasteiger partial charge in [0.2, 0.25) is 5.91 Å². The molecule has 1 saturated carbocycles. The van der Waals surface area contributed by atoms with Crippen LogP contribution >= 0.6 is 0 Å². The van der Waals surface area contributed by atoms with Crippen LogP contribution in [0.2, 0.25) is 0 Å². The minimum Gasteiger partial charge on any atom is -0.380 e. The predicted molar refractivity (Wildman–Crippen MR) is 103 cm³/mol. The van der Waals surface area contributed by atoms with E-state index in [0.29, 0.717) is 12.1 Å². The van der Waals surface area contributed by atoms with E-state index in [2.05, 4.69) is 21.7 Å². The Morgan fingerprint density at radius 1 is 1.27 bits per heavy atom. The first-order chi connectivity index (χ1) is 12.6. The van der Waals surface area contributed by atoms with Gasteiger partial charge in [-0.15, -0.1) is 0 Å². The first-order valence-electron chi connectivity index (χ1n) is 9.09. The van der Waals surface area contributed by atoms with Crippen molar-refractivity contribution in [2.24, 2.45) is 5.92 Å². The van der Waals surface area contributed by atoms with Gasteiger partial charge in [0.25, 0.3) is 0 Å². The van der Waals surface area contributed by atoms with Gasteiger partial charge in [-0.2, -0.15) is 5.26 Å². The monoisotopic (exact) mass is 348 g/mol. The van der Waals surface area contributed by atoms with Crippen molar-refractivity contribution in [3.8, 4) is 6.07 Å². The fourth-order valence-corrected chi connectivity index (χ4v) is 3.50. The molecule has 3 rings (SSSR count). The highest BCUT2D eigenvalue weighted by Gasteiger charge is 2.22. The molecule has 134 valence electrons. The lowest BCUT2D eigenvalue weighted by Gasteiger charge is -2.13. The average Bonchev–Trinajstić information content (AvgIpc) is 3.15. The number of benzene rings is 1. The Hall–Kier alpha value is -2.87. The van der Waals surface area contributed by atoms with Gasteiger partial charge >= 0.3 is 0 Å². The number of carbonyl (C=O) groups excluding carboxylic acids is 1. The van der Waals surface area contributed by atoms with E-state index in [1.54, 1.807) is 0 Å². The van der Waals surface area contributed by atoms with Gasteiger partial charge < -0.3 is 10.6 Å². The van der Waals surface area contributed by atoms with Crippen LogP contribution in [0.1, 0.15) is 48.2 Å². The lowest BCUT2D eigenvalue weighted by atomic mass is 10.1. The number of nitrogens with zero attached hydrogens (tertiary/aromatic N) is 2. The minimum atomic E-state index is 0.125. The van der Waals surface area contributed by atoms with E-state index in [1.165, 1.54) is 0 Å². The second-order valence-electron chi connectivity index (χ2n) is 6.91. The van der Waals surface area contributed by atoms with Crippen molar-refractivity contribution in [3.63, 3.8) is 0 Å². The van der Waals surface area contributed by atoms with Crippen LogP contribution in [0.5, 0.6) is 0 Å². The lowest BCUT2D eigenvalue weighted by Crippen LogP contribution is -2.20. The van der Waals surface area contributed by atoms with Crippen molar-refractivity contribution in [1.29, 1.82) is 5.26 Å². The number of rotatable bonds is 5. The van der Waals surface area contributed by atoms with E-state index >= 15 is 0 Å². The van der Waals surface area contributed by atoms with Gasteiger partial charge in [-0.05, 0) is 50.5 Å². The highest BCUT2D eigenvalue weighted by Crippen LogP contribution is 2.26. The van der Waals surface area contributed by atoms with E-state index in [9.17, 15) is 10.1 Å². The number of anilines is 2. The maximum atomic E-state index is 12.3. The molecule has 0 spiro atoms. The number of carbonyl (C=O) groups is 1. The largest absolute Gasteiger partial charge is 0.380 e. The van der Waals surface area contributed by atoms with Crippen molar-refractivity contribution in [3.05, 3.63) is 52.8 Å². The minimum absolute atomic E-state index is 0.125. The highest BCUT2D eigenvalue weighted by atomic mass is 16.1. The molecule has 0 radical (unpaired) electrons. The van der Waals surface area contributed by atoms with Crippen LogP contribution < -0.4 is 10.6 Å². The lowest BCUT2D eigenvalue weighted by molar-refractivity contribution is -0.119. The molecule has 5 nitrogen and oxygen atoms in total. The van der Waals surface area contributed by atoms with Crippen molar-refractivity contribution in [2.45, 2.75) is 46.1 Å². The number of aryl methyl sites for hydroxylation is 2. The second-order valence-corrected chi connectivity index (χ2v) is 6.91. The zero-order valence-electron chi connectivity index (χ0n) is 15.3. The molecular weight excluding hydrogens is 324 g/mol. The molecule has 1 heterocycles. The zero-order valence-corrected chi connectivity index (χ0v) is 15.3. The number of pyridine rings is 1. The van der Waals surface area contributed by atoms with Gasteiger partial charge in [-0.1, -0.05) is 25.0 Å². The van der Waals surface area contributed by atoms with Gasteiger partial charge in [-0.3, -0.25) is 9.78 Å². The van der Waals surface area contributed by atoms with E-state index in [-0.39, 0.29) is 11.8 Å². The van der Waals surface area contributed by atoms with E-state index < -0.39 is 0 Å². The molecule has 26 heavy (non-hydrogen) atoms. The predicted octanol–water partition coefficient (Wildman–Crippen LogP) is 4.31. The third kappa shape index (κ3) is 4.20. The summed E-state index contributed by atoms with van der Waals surface area (Å²) in [6.45, 7) is 4.33. The van der Waals surface area contributed by atoms with Gasteiger partial charge in [-0.25, -0.2) is 0 Å². The summed E-state index contributed by atoms with van der Waals surface area (Å²) in [5.41, 5.74) is 4.84. The van der Waals surface area contributed by atoms with Crippen LogP contribution in [-0.4, -0.2) is 10.9 Å². The van der Waals surface area contributed by atoms with Crippen LogP contribution in [0.4, 0.5) is 11.4 Å². The molecule has 2 aromatic rings. The molecule has 1 aromatic carbocycles. The normalized spacial score (nSPS) is 14.0. The number of amides is 1. The summed E-state index contributed by atoms with van der Waals surface area (Å²) >= 11 is 0. The molecule has 5 heteroatoms. The number of nitrogens with one attached hydrogen (secondary N) is 2. The van der Waals surface area contributed by atoms with E-state index in [0.717, 1.165) is 54.0 Å². The Morgan fingerprint density at radius 2 is 2.04 bits per heavy atom. The smallest absolute Gasteiger partial charge is 0.227 e. The molecule has 1 aromatic heterocycles. The Kier molecular flexibility index (Phi) is 5.52. The molecule has 1 aliphatic carbocycles. The summed E-state index contributed by atoms with van der Waals surface area (Å²) in [6.07, 6.45) is 4.28. The summed E-state index contributed by atoms with van der Waals surface area (Å²) < 4.78 is 0. The summed E-state index contributed by atoms with van der Waals surface area (Å²) in [5, 5.41) is 15.7. The van der Waals surface area contributed by atoms with Crippen LogP contribution in [0.25, 0.3) is 0 Å². The third-order valence-corrected chi connectivity index (χ3v) is 4.84. The topological polar surface area (TPSA) is 77.8 Å². The summed E-state index contributed by atoms with van der Waals surface area (Å²) in [5.74, 6) is 0.275. The van der Waals surface area contributed by atoms with E-state index in [1.807, 2.05) is 44.2 Å². The quantitative estimate of drug-likeness (QED) is 0.844. The van der Waals surface area contributed by atoms with Gasteiger partial charge in [0.1, 0.15) is 6.07 Å². The molecule has 1 aliphatic rings. The zero-order chi connectivity index (χ0) is 18.5. The van der Waals surface area contributed by atoms with Crippen LogP contribution in [0.15, 0.2) is 30.3 Å². The summed E-state index contributed by atoms with van der Waals surface area (Å²) in [6, 6.07) is 11.9. The van der Waals surface area contributed by atoms with Gasteiger partial charge in [0.15, 0.2) is 0 Å². The standard InChI is InChI=1S/C21H24N4O/c1-14-10-20(19(12-22)15(2)24-14)23-13-16-6-5-9-18(11-16)25-21(26)17-7-3-4-8-17/h5-6,9-11,17H,3-4,7-8,13H2,1-2H3,(H,23,24)(H,25,26). The van der Waals surface area contributed by atoms with Crippen LogP contribution in [0, 0.1) is 31.1 Å². The Bertz CT molecular complexity index is 848. The SMILES string of the molecule is Cc1cc(NCc2cccc(NC(=O)C3CCCC3)c2)c(C#N)c(C)n1. The van der Waals surface area contributed by atoms with Crippen molar-refractivity contribution in [1.82, 2.24) is 4.98 Å². The first kappa shape index (κ1) is 17.9. The molecule has 0 atom stereocenters. The fourth-order valence-electron chi connectivity index (χ4n) is 3.50. The van der Waals surface area contributed by atoms with Gasteiger partial charge in [0, 0.05) is 23.8 Å². The molecule has 1 amide bonds. The molecule has 0 unspecified atom stereocenters. The Labute approximate surface area is 154 Å². The second kappa shape index (κ2) is 8.01. The van der Waals surface area contributed by atoms with E-state index in [4.69, 9.17) is 0 Å². The van der Waals surface area contributed by atoms with Crippen molar-refractivity contribution in [2.75, 3.05) is 10.6 Å². The molecule has 0 bridgehead atoms. The average molecular weight is 348 g/mol.